The standard InChI is InChI=1S/C18H16FNO.C17H14BrNO.C17H13ClFNO.C17H16N2O/c1-11-6-7-15(19)14(10-11)18-17-13(8-9-21-18)12-4-2-3-5-16(12)20-17;18-12-5-3-4-11(10-12)17-16-14(8-9-20-17)13-6-1-2-7-15(13)19-16;18-13-9-10(5-6-14(13)19)17-16-12(7-8-21-17)11-3-1-2-4-15(11)20-16;18-12-5-3-4-11(10-12)17-16-14(8-9-20-17)13-6-1-2-7-15(13)19-16/h2-7,10,18,20H,8-9H2,1H3;1-7,10,17,19H,8-9H2;1-6,9,17,20H,7-8H2;1-7,10,17,19H,8-9,18H2. The molecule has 16 rings (SSSR count). The van der Waals surface area contributed by atoms with Crippen molar-refractivity contribution in [2.75, 3.05) is 32.2 Å². The Balaban J connectivity index is 0.000000103. The number of nitrogens with one attached hydrogen (secondary N) is 4. The van der Waals surface area contributed by atoms with Crippen molar-refractivity contribution in [2.45, 2.75) is 57.0 Å². The van der Waals surface area contributed by atoms with Crippen molar-refractivity contribution in [1.82, 2.24) is 19.9 Å². The molecule has 6 N–H and O–H groups in total. The summed E-state index contributed by atoms with van der Waals surface area (Å²) in [7, 11) is 0. The van der Waals surface area contributed by atoms with Crippen molar-refractivity contribution in [3.8, 4) is 0 Å². The molecular weight excluding hydrogens is 1120 g/mol. The molecule has 0 fully saturated rings. The number of nitrogen functional groups attached to an aromatic ring is 1. The fourth-order valence-corrected chi connectivity index (χ4v) is 12.9. The number of benzene rings is 8. The van der Waals surface area contributed by atoms with Crippen LogP contribution < -0.4 is 5.73 Å². The minimum absolute atomic E-state index is 0.00338. The SMILES string of the molecule is Brc1cccc(C2OCCc3c2[nH]c2ccccc32)c1.Cc1ccc(F)c(C2OCCc3c2[nH]c2ccccc32)c1.Fc1ccc(C2OCCc3c2[nH]c2ccccc32)cc1Cl.Nc1cccc(C2OCCc3c2[nH]c2ccccc32)c1. The van der Waals surface area contributed by atoms with Gasteiger partial charge < -0.3 is 44.6 Å². The molecule has 12 aromatic rings. The van der Waals surface area contributed by atoms with Gasteiger partial charge in [0.1, 0.15) is 36.1 Å². The zero-order valence-electron chi connectivity index (χ0n) is 45.0. The van der Waals surface area contributed by atoms with E-state index in [1.54, 1.807) is 18.2 Å². The molecule has 4 unspecified atom stereocenters. The highest BCUT2D eigenvalue weighted by molar-refractivity contribution is 9.10. The number of aromatic nitrogens is 4. The number of halogens is 4. The highest BCUT2D eigenvalue weighted by atomic mass is 79.9. The van der Waals surface area contributed by atoms with E-state index < -0.39 is 5.82 Å². The summed E-state index contributed by atoms with van der Waals surface area (Å²) in [5.41, 5.74) is 25.8. The molecule has 0 spiro atoms. The Bertz CT molecular complexity index is 4170. The monoisotopic (exact) mass is 1170 g/mol. The Hall–Kier alpha value is -7.81. The lowest BCUT2D eigenvalue weighted by Crippen LogP contribution is -2.18. The summed E-state index contributed by atoms with van der Waals surface area (Å²) in [6.07, 6.45) is 3.06. The summed E-state index contributed by atoms with van der Waals surface area (Å²) in [4.78, 5) is 13.9. The van der Waals surface area contributed by atoms with Gasteiger partial charge in [0, 0.05) is 59.3 Å². The van der Waals surface area contributed by atoms with E-state index >= 15 is 0 Å². The fraction of sp³-hybridized carbons (Fsp3) is 0.188. The second kappa shape index (κ2) is 23.2. The first-order valence-corrected chi connectivity index (χ1v) is 29.0. The Labute approximate surface area is 486 Å². The van der Waals surface area contributed by atoms with Crippen molar-refractivity contribution in [3.63, 3.8) is 0 Å². The van der Waals surface area contributed by atoms with E-state index in [1.807, 2.05) is 61.5 Å². The molecule has 13 heteroatoms. The van der Waals surface area contributed by atoms with Gasteiger partial charge in [0.05, 0.1) is 54.2 Å². The number of H-pyrrole nitrogens is 4. The fourth-order valence-electron chi connectivity index (χ4n) is 12.3. The summed E-state index contributed by atoms with van der Waals surface area (Å²) in [5.74, 6) is -0.620. The Morgan fingerprint density at radius 3 is 1.26 bits per heavy atom. The van der Waals surface area contributed by atoms with E-state index in [1.165, 1.54) is 83.9 Å². The lowest BCUT2D eigenvalue weighted by atomic mass is 9.96. The largest absolute Gasteiger partial charge is 0.399 e. The molecule has 0 bridgehead atoms. The number of aromatic amines is 4. The first-order valence-electron chi connectivity index (χ1n) is 27.8. The maximum atomic E-state index is 14.2. The maximum absolute atomic E-state index is 14.2. The summed E-state index contributed by atoms with van der Waals surface area (Å²) >= 11 is 9.44. The van der Waals surface area contributed by atoms with E-state index in [0.717, 1.165) is 88.2 Å². The van der Waals surface area contributed by atoms with Crippen LogP contribution in [-0.2, 0) is 44.6 Å². The van der Waals surface area contributed by atoms with Crippen LogP contribution in [0.25, 0.3) is 43.6 Å². The third kappa shape index (κ3) is 10.6. The molecule has 4 atom stereocenters. The molecule has 412 valence electrons. The lowest BCUT2D eigenvalue weighted by molar-refractivity contribution is 0.0653. The Morgan fingerprint density at radius 1 is 0.427 bits per heavy atom. The predicted molar refractivity (Wildman–Crippen MR) is 327 cm³/mol. The van der Waals surface area contributed by atoms with Crippen LogP contribution in [-0.4, -0.2) is 46.4 Å². The van der Waals surface area contributed by atoms with Crippen LogP contribution in [0.1, 0.15) is 97.3 Å². The van der Waals surface area contributed by atoms with E-state index in [4.69, 9.17) is 36.3 Å². The van der Waals surface area contributed by atoms with E-state index in [2.05, 4.69) is 133 Å². The van der Waals surface area contributed by atoms with Gasteiger partial charge in [0.25, 0.3) is 0 Å². The van der Waals surface area contributed by atoms with Gasteiger partial charge in [-0.1, -0.05) is 148 Å². The highest BCUT2D eigenvalue weighted by Gasteiger charge is 2.31. The zero-order valence-corrected chi connectivity index (χ0v) is 47.4. The summed E-state index contributed by atoms with van der Waals surface area (Å²) < 4.78 is 52.4. The second-order valence-corrected chi connectivity index (χ2v) is 22.5. The molecule has 4 aliphatic heterocycles. The van der Waals surface area contributed by atoms with E-state index in [0.29, 0.717) is 18.8 Å². The number of rotatable bonds is 4. The highest BCUT2D eigenvalue weighted by Crippen LogP contribution is 2.41. The number of para-hydroxylation sites is 4. The molecule has 9 nitrogen and oxygen atoms in total. The quantitative estimate of drug-likeness (QED) is 0.112. The first-order chi connectivity index (χ1) is 40.1. The average molecular weight is 1180 g/mol. The molecule has 0 aliphatic carbocycles. The minimum Gasteiger partial charge on any atom is -0.399 e. The van der Waals surface area contributed by atoms with Crippen LogP contribution in [0.2, 0.25) is 5.02 Å². The molecule has 0 saturated heterocycles. The number of hydrogen-bond donors (Lipinski definition) is 5. The second-order valence-electron chi connectivity index (χ2n) is 21.2. The molecular formula is C69H59BrClF2N5O4. The van der Waals surface area contributed by atoms with Crippen LogP contribution in [0.15, 0.2) is 186 Å². The van der Waals surface area contributed by atoms with Gasteiger partial charge in [0.2, 0.25) is 0 Å². The minimum atomic E-state index is -0.409. The van der Waals surface area contributed by atoms with Gasteiger partial charge in [0.15, 0.2) is 0 Å². The molecule has 4 aromatic heterocycles. The molecule has 8 heterocycles. The maximum Gasteiger partial charge on any atom is 0.141 e. The number of fused-ring (bicyclic) bond motifs is 12. The number of nitrogens with two attached hydrogens (primary N) is 1. The normalized spacial score (nSPS) is 18.0. The van der Waals surface area contributed by atoms with Crippen molar-refractivity contribution in [3.05, 3.63) is 276 Å². The van der Waals surface area contributed by atoms with Crippen LogP contribution in [0.3, 0.4) is 0 Å². The third-order valence-corrected chi connectivity index (χ3v) is 16.8. The van der Waals surface area contributed by atoms with Crippen molar-refractivity contribution in [1.29, 1.82) is 0 Å². The Kier molecular flexibility index (Phi) is 15.1. The predicted octanol–water partition coefficient (Wildman–Crippen LogP) is 16.9. The van der Waals surface area contributed by atoms with E-state index in [-0.39, 0.29) is 35.3 Å². The van der Waals surface area contributed by atoms with Gasteiger partial charge in [-0.3, -0.25) is 0 Å². The Morgan fingerprint density at radius 2 is 0.817 bits per heavy atom. The van der Waals surface area contributed by atoms with Gasteiger partial charge >= 0.3 is 0 Å². The van der Waals surface area contributed by atoms with Crippen molar-refractivity contribution >= 4 is 76.8 Å². The summed E-state index contributed by atoms with van der Waals surface area (Å²) in [6, 6.07) is 59.6. The molecule has 0 saturated carbocycles. The molecule has 4 aliphatic rings. The van der Waals surface area contributed by atoms with Crippen molar-refractivity contribution in [2.24, 2.45) is 0 Å². The number of ether oxygens (including phenoxy) is 4. The number of hydrogen-bond acceptors (Lipinski definition) is 5. The summed E-state index contributed by atoms with van der Waals surface area (Å²) in [5, 5.41) is 5.20. The van der Waals surface area contributed by atoms with Gasteiger partial charge in [-0.25, -0.2) is 8.78 Å². The molecule has 0 radical (unpaired) electrons. The van der Waals surface area contributed by atoms with Crippen LogP contribution in [0, 0.1) is 18.6 Å². The van der Waals surface area contributed by atoms with Gasteiger partial charge in [-0.05, 0) is 138 Å². The van der Waals surface area contributed by atoms with Crippen molar-refractivity contribution < 1.29 is 27.7 Å². The third-order valence-electron chi connectivity index (χ3n) is 16.0. The number of aryl methyl sites for hydroxylation is 1. The molecule has 0 amide bonds. The van der Waals surface area contributed by atoms with Crippen LogP contribution in [0.5, 0.6) is 0 Å². The molecule has 82 heavy (non-hydrogen) atoms. The molecule has 8 aromatic carbocycles. The lowest BCUT2D eigenvalue weighted by Gasteiger charge is -2.24. The summed E-state index contributed by atoms with van der Waals surface area (Å²) in [6.45, 7) is 4.75. The first kappa shape index (κ1) is 53.5. The van der Waals surface area contributed by atoms with Gasteiger partial charge in [-0.2, -0.15) is 0 Å². The zero-order chi connectivity index (χ0) is 55.8. The van der Waals surface area contributed by atoms with Crippen LogP contribution in [0.4, 0.5) is 14.5 Å². The number of anilines is 1. The average Bonchev–Trinajstić information content (AvgIpc) is 4.40. The van der Waals surface area contributed by atoms with E-state index in [9.17, 15) is 8.78 Å². The smallest absolute Gasteiger partial charge is 0.141 e. The van der Waals surface area contributed by atoms with Gasteiger partial charge in [-0.15, -0.1) is 0 Å². The topological polar surface area (TPSA) is 126 Å². The van der Waals surface area contributed by atoms with Crippen LogP contribution >= 0.6 is 27.5 Å².